The molecule has 29 heavy (non-hydrogen) atoms. The molecule has 3 rings (SSSR count). The molecule has 10 heteroatoms. The predicted molar refractivity (Wildman–Crippen MR) is 105 cm³/mol. The van der Waals surface area contributed by atoms with Crippen LogP contribution in [0.1, 0.15) is 25.7 Å². The first-order valence-electron chi connectivity index (χ1n) is 9.57. The molecule has 1 atom stereocenters. The van der Waals surface area contributed by atoms with Crippen LogP contribution < -0.4 is 5.32 Å². The van der Waals surface area contributed by atoms with E-state index in [9.17, 15) is 22.8 Å². The lowest BCUT2D eigenvalue weighted by molar-refractivity contribution is -0.144. The number of carbonyl (C=O) groups excluding carboxylic acids is 3. The van der Waals surface area contributed by atoms with Gasteiger partial charge >= 0.3 is 12.0 Å². The van der Waals surface area contributed by atoms with Gasteiger partial charge in [0.2, 0.25) is 10.0 Å². The first-order valence-corrected chi connectivity index (χ1v) is 11.0. The summed E-state index contributed by atoms with van der Waals surface area (Å²) in [5.41, 5.74) is 0.434. The van der Waals surface area contributed by atoms with Crippen LogP contribution in [-0.2, 0) is 24.3 Å². The first kappa shape index (κ1) is 21.3. The summed E-state index contributed by atoms with van der Waals surface area (Å²) in [6.45, 7) is 1.08. The summed E-state index contributed by atoms with van der Waals surface area (Å²) in [6, 6.07) is 4.90. The molecule has 0 aliphatic carbocycles. The van der Waals surface area contributed by atoms with Gasteiger partial charge in [-0.3, -0.25) is 0 Å². The van der Waals surface area contributed by atoms with Gasteiger partial charge in [-0.1, -0.05) is 0 Å². The minimum atomic E-state index is -3.64. The molecule has 0 bridgehead atoms. The van der Waals surface area contributed by atoms with Crippen LogP contribution in [-0.4, -0.2) is 68.7 Å². The van der Waals surface area contributed by atoms with Gasteiger partial charge in [0, 0.05) is 31.2 Å². The third-order valence-electron chi connectivity index (χ3n) is 5.42. The van der Waals surface area contributed by atoms with Gasteiger partial charge in [0.05, 0.1) is 12.0 Å². The van der Waals surface area contributed by atoms with Crippen LogP contribution >= 0.6 is 0 Å². The van der Waals surface area contributed by atoms with Crippen molar-refractivity contribution in [2.45, 2.75) is 36.6 Å². The van der Waals surface area contributed by atoms with Crippen molar-refractivity contribution in [3.05, 3.63) is 24.3 Å². The molecule has 1 aromatic carbocycles. The van der Waals surface area contributed by atoms with Gasteiger partial charge in [-0.2, -0.15) is 4.31 Å². The van der Waals surface area contributed by atoms with Gasteiger partial charge in [0.25, 0.3) is 0 Å². The van der Waals surface area contributed by atoms with Crippen molar-refractivity contribution in [1.29, 1.82) is 0 Å². The Morgan fingerprint density at radius 2 is 1.76 bits per heavy atom. The second kappa shape index (κ2) is 8.91. The summed E-state index contributed by atoms with van der Waals surface area (Å²) in [6.07, 6.45) is 3.19. The topological polar surface area (TPSA) is 113 Å². The van der Waals surface area contributed by atoms with Crippen LogP contribution in [0, 0.1) is 5.92 Å². The normalized spacial score (nSPS) is 21.0. The number of piperidine rings is 1. The number of carbonyl (C=O) groups is 3. The Hall–Kier alpha value is -2.46. The molecule has 158 valence electrons. The Balaban J connectivity index is 1.65. The van der Waals surface area contributed by atoms with E-state index in [-0.39, 0.29) is 10.8 Å². The SMILES string of the molecule is COC(=O)C1CCCN1C(=O)Nc1ccc(S(=O)(=O)N2CCC(C=O)CC2)cc1. The maximum atomic E-state index is 12.8. The van der Waals surface area contributed by atoms with Crippen molar-refractivity contribution >= 4 is 34.0 Å². The molecule has 2 amide bonds. The number of esters is 1. The van der Waals surface area contributed by atoms with Crippen LogP contribution in [0.4, 0.5) is 10.5 Å². The highest BCUT2D eigenvalue weighted by Gasteiger charge is 2.35. The number of likely N-dealkylation sites (tertiary alicyclic amines) is 1. The molecular formula is C19H25N3O6S. The highest BCUT2D eigenvalue weighted by molar-refractivity contribution is 7.89. The lowest BCUT2D eigenvalue weighted by Crippen LogP contribution is -2.43. The van der Waals surface area contributed by atoms with Gasteiger partial charge in [-0.05, 0) is 49.9 Å². The number of methoxy groups -OCH3 is 1. The summed E-state index contributed by atoms with van der Waals surface area (Å²) < 4.78 is 31.7. The van der Waals surface area contributed by atoms with E-state index >= 15 is 0 Å². The largest absolute Gasteiger partial charge is 0.467 e. The maximum absolute atomic E-state index is 12.8. The Morgan fingerprint density at radius 1 is 1.10 bits per heavy atom. The fourth-order valence-electron chi connectivity index (χ4n) is 3.70. The molecule has 2 aliphatic rings. The third-order valence-corrected chi connectivity index (χ3v) is 7.33. The Labute approximate surface area is 170 Å². The number of anilines is 1. The fraction of sp³-hybridized carbons (Fsp3) is 0.526. The molecule has 2 fully saturated rings. The van der Waals surface area contributed by atoms with Crippen LogP contribution in [0.5, 0.6) is 0 Å². The molecule has 2 heterocycles. The Morgan fingerprint density at radius 3 is 2.34 bits per heavy atom. The zero-order chi connectivity index (χ0) is 21.0. The predicted octanol–water partition coefficient (Wildman–Crippen LogP) is 1.46. The molecule has 1 unspecified atom stereocenters. The molecule has 1 N–H and O–H groups in total. The lowest BCUT2D eigenvalue weighted by atomic mass is 10.0. The molecular weight excluding hydrogens is 398 g/mol. The Kier molecular flexibility index (Phi) is 6.53. The van der Waals surface area contributed by atoms with E-state index in [0.29, 0.717) is 51.0 Å². The standard InChI is InChI=1S/C19H25N3O6S/c1-28-18(24)17-3-2-10-22(17)19(25)20-15-4-6-16(7-5-15)29(26,27)21-11-8-14(13-23)9-12-21/h4-7,13-14,17H,2-3,8-12H2,1H3,(H,20,25). The minimum absolute atomic E-state index is 0.0848. The van der Waals surface area contributed by atoms with Crippen molar-refractivity contribution < 1.29 is 27.5 Å². The average molecular weight is 423 g/mol. The van der Waals surface area contributed by atoms with Gasteiger partial charge in [0.15, 0.2) is 0 Å². The van der Waals surface area contributed by atoms with Gasteiger partial charge in [-0.25, -0.2) is 18.0 Å². The number of urea groups is 1. The van der Waals surface area contributed by atoms with Gasteiger partial charge in [0.1, 0.15) is 12.3 Å². The van der Waals surface area contributed by atoms with Crippen LogP contribution in [0.3, 0.4) is 0 Å². The average Bonchev–Trinajstić information content (AvgIpc) is 3.24. The minimum Gasteiger partial charge on any atom is -0.467 e. The van der Waals surface area contributed by atoms with Crippen molar-refractivity contribution in [2.75, 3.05) is 32.1 Å². The second-order valence-corrected chi connectivity index (χ2v) is 9.14. The van der Waals surface area contributed by atoms with E-state index in [4.69, 9.17) is 4.74 Å². The first-order chi connectivity index (χ1) is 13.9. The summed E-state index contributed by atoms with van der Waals surface area (Å²) in [5, 5.41) is 2.70. The van der Waals surface area contributed by atoms with Crippen LogP contribution in [0.25, 0.3) is 0 Å². The number of hydrogen-bond donors (Lipinski definition) is 1. The lowest BCUT2D eigenvalue weighted by Gasteiger charge is -2.28. The number of nitrogens with zero attached hydrogens (tertiary/aromatic N) is 2. The summed E-state index contributed by atoms with van der Waals surface area (Å²) in [7, 11) is -2.36. The maximum Gasteiger partial charge on any atom is 0.328 e. The number of aldehydes is 1. The number of ether oxygens (including phenoxy) is 1. The summed E-state index contributed by atoms with van der Waals surface area (Å²) in [4.78, 5) is 36.7. The van der Waals surface area contributed by atoms with E-state index in [1.54, 1.807) is 0 Å². The fourth-order valence-corrected chi connectivity index (χ4v) is 5.17. The van der Waals surface area contributed by atoms with Gasteiger partial charge in [-0.15, -0.1) is 0 Å². The highest BCUT2D eigenvalue weighted by atomic mass is 32.2. The molecule has 2 saturated heterocycles. The number of nitrogens with one attached hydrogen (secondary N) is 1. The van der Waals surface area contributed by atoms with Crippen molar-refractivity contribution in [3.63, 3.8) is 0 Å². The smallest absolute Gasteiger partial charge is 0.328 e. The van der Waals surface area contributed by atoms with E-state index in [2.05, 4.69) is 5.32 Å². The number of benzene rings is 1. The Bertz CT molecular complexity index is 862. The molecule has 2 aliphatic heterocycles. The highest BCUT2D eigenvalue weighted by Crippen LogP contribution is 2.25. The summed E-state index contributed by atoms with van der Waals surface area (Å²) in [5.74, 6) is -0.532. The summed E-state index contributed by atoms with van der Waals surface area (Å²) >= 11 is 0. The number of sulfonamides is 1. The van der Waals surface area contributed by atoms with Crippen molar-refractivity contribution in [1.82, 2.24) is 9.21 Å². The zero-order valence-electron chi connectivity index (χ0n) is 16.2. The van der Waals surface area contributed by atoms with E-state index in [0.717, 1.165) is 6.29 Å². The monoisotopic (exact) mass is 423 g/mol. The van der Waals surface area contributed by atoms with Crippen molar-refractivity contribution in [3.8, 4) is 0 Å². The quantitative estimate of drug-likeness (QED) is 0.567. The zero-order valence-corrected chi connectivity index (χ0v) is 17.1. The number of rotatable bonds is 5. The molecule has 0 saturated carbocycles. The van der Waals surface area contributed by atoms with Gasteiger partial charge < -0.3 is 19.7 Å². The third kappa shape index (κ3) is 4.59. The van der Waals surface area contributed by atoms with Crippen LogP contribution in [0.15, 0.2) is 29.2 Å². The number of hydrogen-bond acceptors (Lipinski definition) is 6. The van der Waals surface area contributed by atoms with Crippen LogP contribution in [0.2, 0.25) is 0 Å². The van der Waals surface area contributed by atoms with E-state index in [1.807, 2.05) is 0 Å². The molecule has 0 aromatic heterocycles. The molecule has 9 nitrogen and oxygen atoms in total. The van der Waals surface area contributed by atoms with Crippen molar-refractivity contribution in [2.24, 2.45) is 5.92 Å². The molecule has 0 spiro atoms. The molecule has 0 radical (unpaired) electrons. The van der Waals surface area contributed by atoms with E-state index < -0.39 is 28.1 Å². The number of amides is 2. The molecule has 1 aromatic rings. The van der Waals surface area contributed by atoms with E-state index in [1.165, 1.54) is 40.6 Å². The second-order valence-electron chi connectivity index (χ2n) is 7.21.